The van der Waals surface area contributed by atoms with Crippen molar-refractivity contribution in [3.63, 3.8) is 0 Å². The highest BCUT2D eigenvalue weighted by Crippen LogP contribution is 2.35. The van der Waals surface area contributed by atoms with Crippen molar-refractivity contribution in [3.8, 4) is 0 Å². The number of benzene rings is 1. The van der Waals surface area contributed by atoms with Crippen molar-refractivity contribution in [1.29, 1.82) is 0 Å². The standard InChI is InChI=1S/C22H36FN3O2/c1-3-5-13-27-14-7-12-25-21(24-4-2)26-18-22(10-15-28-16-11-22)19-8-6-9-20(23)17-19/h6,8-9,17H,3-5,7,10-16,18H2,1-2H3,(H2,24,25,26). The first-order valence-electron chi connectivity index (χ1n) is 10.6. The smallest absolute Gasteiger partial charge is 0.191 e. The van der Waals surface area contributed by atoms with Crippen LogP contribution in [0.3, 0.4) is 0 Å². The fourth-order valence-electron chi connectivity index (χ4n) is 3.42. The van der Waals surface area contributed by atoms with E-state index in [2.05, 4.69) is 24.5 Å². The summed E-state index contributed by atoms with van der Waals surface area (Å²) >= 11 is 0. The van der Waals surface area contributed by atoms with Crippen LogP contribution in [0.4, 0.5) is 4.39 Å². The third kappa shape index (κ3) is 7.40. The first kappa shape index (κ1) is 22.6. The van der Waals surface area contributed by atoms with Gasteiger partial charge in [0.25, 0.3) is 0 Å². The lowest BCUT2D eigenvalue weighted by molar-refractivity contribution is 0.0530. The Balaban J connectivity index is 1.95. The van der Waals surface area contributed by atoms with E-state index in [0.29, 0.717) is 19.8 Å². The van der Waals surface area contributed by atoms with Gasteiger partial charge < -0.3 is 20.1 Å². The third-order valence-corrected chi connectivity index (χ3v) is 5.17. The van der Waals surface area contributed by atoms with E-state index in [0.717, 1.165) is 69.9 Å². The Morgan fingerprint density at radius 2 is 1.96 bits per heavy atom. The molecule has 0 aliphatic carbocycles. The number of unbranched alkanes of at least 4 members (excludes halogenated alkanes) is 1. The molecule has 0 amide bonds. The van der Waals surface area contributed by atoms with Crippen molar-refractivity contribution in [3.05, 3.63) is 35.6 Å². The molecular formula is C22H36FN3O2. The summed E-state index contributed by atoms with van der Waals surface area (Å²) in [4.78, 5) is 4.84. The van der Waals surface area contributed by atoms with Gasteiger partial charge in [0.2, 0.25) is 0 Å². The number of rotatable bonds is 11. The van der Waals surface area contributed by atoms with Gasteiger partial charge in [-0.3, -0.25) is 4.99 Å². The maximum absolute atomic E-state index is 13.8. The molecule has 5 nitrogen and oxygen atoms in total. The summed E-state index contributed by atoms with van der Waals surface area (Å²) in [7, 11) is 0. The average molecular weight is 394 g/mol. The molecule has 1 aromatic carbocycles. The molecule has 2 rings (SSSR count). The summed E-state index contributed by atoms with van der Waals surface area (Å²) in [6.45, 7) is 9.42. The number of aliphatic imine (C=N–C) groups is 1. The molecule has 0 radical (unpaired) electrons. The molecular weight excluding hydrogens is 357 g/mol. The van der Waals surface area contributed by atoms with Crippen molar-refractivity contribution in [2.75, 3.05) is 46.1 Å². The minimum absolute atomic E-state index is 0.175. The van der Waals surface area contributed by atoms with E-state index in [1.807, 2.05) is 6.07 Å². The summed E-state index contributed by atoms with van der Waals surface area (Å²) in [5.41, 5.74) is 0.839. The molecule has 28 heavy (non-hydrogen) atoms. The van der Waals surface area contributed by atoms with Crippen molar-refractivity contribution in [1.82, 2.24) is 10.6 Å². The van der Waals surface area contributed by atoms with Crippen LogP contribution in [0, 0.1) is 5.82 Å². The average Bonchev–Trinajstić information content (AvgIpc) is 2.72. The second kappa shape index (κ2) is 12.7. The van der Waals surface area contributed by atoms with Gasteiger partial charge in [0, 0.05) is 44.9 Å². The summed E-state index contributed by atoms with van der Waals surface area (Å²) in [6, 6.07) is 6.94. The SMILES string of the molecule is CCCCOCCCNC(=NCC1(c2cccc(F)c2)CCOCC1)NCC. The lowest BCUT2D eigenvalue weighted by Crippen LogP contribution is -2.41. The Hall–Kier alpha value is -1.66. The molecule has 0 bridgehead atoms. The molecule has 0 unspecified atom stereocenters. The molecule has 0 atom stereocenters. The van der Waals surface area contributed by atoms with E-state index >= 15 is 0 Å². The van der Waals surface area contributed by atoms with E-state index in [-0.39, 0.29) is 11.2 Å². The van der Waals surface area contributed by atoms with Gasteiger partial charge in [-0.05, 0) is 50.3 Å². The quantitative estimate of drug-likeness (QED) is 0.342. The van der Waals surface area contributed by atoms with Crippen molar-refractivity contribution in [2.24, 2.45) is 4.99 Å². The van der Waals surface area contributed by atoms with E-state index < -0.39 is 0 Å². The highest BCUT2D eigenvalue weighted by atomic mass is 19.1. The maximum atomic E-state index is 13.8. The maximum Gasteiger partial charge on any atom is 0.191 e. The van der Waals surface area contributed by atoms with Crippen LogP contribution >= 0.6 is 0 Å². The molecule has 2 N–H and O–H groups in total. The van der Waals surface area contributed by atoms with Crippen LogP contribution in [0.1, 0.15) is 51.5 Å². The minimum atomic E-state index is -0.194. The first-order chi connectivity index (χ1) is 13.7. The summed E-state index contributed by atoms with van der Waals surface area (Å²) < 4.78 is 25.0. The zero-order valence-corrected chi connectivity index (χ0v) is 17.4. The monoisotopic (exact) mass is 393 g/mol. The Kier molecular flexibility index (Phi) is 10.3. The number of nitrogens with one attached hydrogen (secondary N) is 2. The summed E-state index contributed by atoms with van der Waals surface area (Å²) in [5, 5.41) is 6.69. The first-order valence-corrected chi connectivity index (χ1v) is 10.6. The predicted molar refractivity (Wildman–Crippen MR) is 112 cm³/mol. The molecule has 1 fully saturated rings. The van der Waals surface area contributed by atoms with Gasteiger partial charge in [-0.1, -0.05) is 25.5 Å². The van der Waals surface area contributed by atoms with Crippen LogP contribution in [0.15, 0.2) is 29.3 Å². The molecule has 1 heterocycles. The fraction of sp³-hybridized carbons (Fsp3) is 0.682. The molecule has 0 aromatic heterocycles. The molecule has 158 valence electrons. The van der Waals surface area contributed by atoms with E-state index in [1.165, 1.54) is 6.07 Å². The van der Waals surface area contributed by atoms with Gasteiger partial charge in [0.1, 0.15) is 5.82 Å². The molecule has 0 spiro atoms. The zero-order chi connectivity index (χ0) is 20.1. The molecule has 1 saturated heterocycles. The van der Waals surface area contributed by atoms with Crippen LogP contribution in [0.2, 0.25) is 0 Å². The van der Waals surface area contributed by atoms with E-state index in [4.69, 9.17) is 14.5 Å². The van der Waals surface area contributed by atoms with Crippen LogP contribution in [-0.4, -0.2) is 52.0 Å². The van der Waals surface area contributed by atoms with Gasteiger partial charge in [-0.2, -0.15) is 0 Å². The van der Waals surface area contributed by atoms with Gasteiger partial charge in [-0.15, -0.1) is 0 Å². The Labute approximate surface area is 169 Å². The number of ether oxygens (including phenoxy) is 2. The van der Waals surface area contributed by atoms with Gasteiger partial charge in [0.05, 0.1) is 6.54 Å². The molecule has 1 aliphatic heterocycles. The number of hydrogen-bond acceptors (Lipinski definition) is 3. The Bertz CT molecular complexity index is 589. The predicted octanol–water partition coefficient (Wildman–Crippen LogP) is 3.64. The van der Waals surface area contributed by atoms with Gasteiger partial charge in [0.15, 0.2) is 5.96 Å². The zero-order valence-electron chi connectivity index (χ0n) is 17.4. The second-order valence-corrected chi connectivity index (χ2v) is 7.34. The molecule has 6 heteroatoms. The number of nitrogens with zero attached hydrogens (tertiary/aromatic N) is 1. The number of hydrogen-bond donors (Lipinski definition) is 2. The Morgan fingerprint density at radius 1 is 1.18 bits per heavy atom. The molecule has 1 aromatic rings. The van der Waals surface area contributed by atoms with Crippen LogP contribution in [-0.2, 0) is 14.9 Å². The van der Waals surface area contributed by atoms with Crippen LogP contribution in [0.25, 0.3) is 0 Å². The third-order valence-electron chi connectivity index (χ3n) is 5.17. The minimum Gasteiger partial charge on any atom is -0.381 e. The topological polar surface area (TPSA) is 54.9 Å². The van der Waals surface area contributed by atoms with Crippen LogP contribution in [0.5, 0.6) is 0 Å². The fourth-order valence-corrected chi connectivity index (χ4v) is 3.42. The Morgan fingerprint density at radius 3 is 2.68 bits per heavy atom. The van der Waals surface area contributed by atoms with Crippen LogP contribution < -0.4 is 10.6 Å². The summed E-state index contributed by atoms with van der Waals surface area (Å²) in [6.07, 6.45) is 4.92. The normalized spacial score (nSPS) is 16.8. The van der Waals surface area contributed by atoms with Crippen molar-refractivity contribution < 1.29 is 13.9 Å². The second-order valence-electron chi connectivity index (χ2n) is 7.34. The van der Waals surface area contributed by atoms with E-state index in [1.54, 1.807) is 12.1 Å². The lowest BCUT2D eigenvalue weighted by atomic mass is 9.74. The summed E-state index contributed by atoms with van der Waals surface area (Å²) in [5.74, 6) is 0.610. The highest BCUT2D eigenvalue weighted by Gasteiger charge is 2.34. The largest absolute Gasteiger partial charge is 0.381 e. The lowest BCUT2D eigenvalue weighted by Gasteiger charge is -2.36. The van der Waals surface area contributed by atoms with Gasteiger partial charge in [-0.25, -0.2) is 4.39 Å². The van der Waals surface area contributed by atoms with Gasteiger partial charge >= 0.3 is 0 Å². The van der Waals surface area contributed by atoms with E-state index in [9.17, 15) is 4.39 Å². The van der Waals surface area contributed by atoms with Crippen molar-refractivity contribution >= 4 is 5.96 Å². The number of halogens is 1. The van der Waals surface area contributed by atoms with Crippen molar-refractivity contribution in [2.45, 2.75) is 51.4 Å². The molecule has 1 aliphatic rings. The molecule has 0 saturated carbocycles. The number of guanidine groups is 1. The highest BCUT2D eigenvalue weighted by molar-refractivity contribution is 5.79.